The first-order chi connectivity index (χ1) is 14.5. The van der Waals surface area contributed by atoms with Crippen LogP contribution in [-0.4, -0.2) is 15.5 Å². The number of carbonyl (C=O) groups excluding carboxylic acids is 1. The molecule has 2 heterocycles. The number of carbonyl (C=O) groups is 1. The molecule has 0 radical (unpaired) electrons. The summed E-state index contributed by atoms with van der Waals surface area (Å²) in [6, 6.07) is 16.6. The van der Waals surface area contributed by atoms with Crippen LogP contribution >= 0.6 is 0 Å². The highest BCUT2D eigenvalue weighted by Crippen LogP contribution is 2.24. The maximum atomic E-state index is 12.3. The summed E-state index contributed by atoms with van der Waals surface area (Å²) < 4.78 is 12.3. The van der Waals surface area contributed by atoms with Crippen molar-refractivity contribution in [2.45, 2.75) is 26.9 Å². The Balaban J connectivity index is 1.37. The van der Waals surface area contributed by atoms with E-state index < -0.39 is 5.76 Å². The molecular weight excluding hydrogens is 382 g/mol. The first-order valence-electron chi connectivity index (χ1n) is 9.55. The van der Waals surface area contributed by atoms with Crippen molar-refractivity contribution >= 4 is 17.0 Å². The maximum Gasteiger partial charge on any atom is 0.420 e. The van der Waals surface area contributed by atoms with E-state index in [9.17, 15) is 9.59 Å². The van der Waals surface area contributed by atoms with E-state index in [1.54, 1.807) is 36.5 Å². The van der Waals surface area contributed by atoms with Gasteiger partial charge in [-0.15, -0.1) is 0 Å². The maximum absolute atomic E-state index is 12.3. The zero-order chi connectivity index (χ0) is 21.1. The monoisotopic (exact) mass is 403 g/mol. The molecule has 1 amide bonds. The number of para-hydroxylation sites is 2. The van der Waals surface area contributed by atoms with Crippen LogP contribution in [0.3, 0.4) is 0 Å². The minimum Gasteiger partial charge on any atom is -0.439 e. The van der Waals surface area contributed by atoms with Gasteiger partial charge in [-0.25, -0.2) is 9.78 Å². The predicted molar refractivity (Wildman–Crippen MR) is 113 cm³/mol. The lowest BCUT2D eigenvalue weighted by atomic mass is 10.1. The molecule has 0 saturated heterocycles. The van der Waals surface area contributed by atoms with Gasteiger partial charge < -0.3 is 14.5 Å². The van der Waals surface area contributed by atoms with Crippen molar-refractivity contribution in [2.75, 3.05) is 0 Å². The molecule has 0 bridgehead atoms. The lowest BCUT2D eigenvalue weighted by Gasteiger charge is -2.10. The van der Waals surface area contributed by atoms with Crippen LogP contribution in [0, 0.1) is 13.8 Å². The normalized spacial score (nSPS) is 10.9. The fourth-order valence-corrected chi connectivity index (χ4v) is 3.07. The molecule has 7 heteroatoms. The second-order valence-electron chi connectivity index (χ2n) is 7.07. The van der Waals surface area contributed by atoms with E-state index in [1.165, 1.54) is 4.57 Å². The number of pyridine rings is 1. The van der Waals surface area contributed by atoms with Crippen molar-refractivity contribution in [3.8, 4) is 11.6 Å². The molecule has 2 aromatic heterocycles. The van der Waals surface area contributed by atoms with Gasteiger partial charge in [0.1, 0.15) is 12.3 Å². The Bertz CT molecular complexity index is 1260. The molecule has 30 heavy (non-hydrogen) atoms. The Hall–Kier alpha value is -3.87. The number of hydrogen-bond acceptors (Lipinski definition) is 5. The van der Waals surface area contributed by atoms with Crippen molar-refractivity contribution in [3.63, 3.8) is 0 Å². The van der Waals surface area contributed by atoms with E-state index in [0.29, 0.717) is 23.5 Å². The van der Waals surface area contributed by atoms with Crippen LogP contribution in [0.15, 0.2) is 70.0 Å². The van der Waals surface area contributed by atoms with Gasteiger partial charge >= 0.3 is 5.76 Å². The smallest absolute Gasteiger partial charge is 0.420 e. The zero-order valence-corrected chi connectivity index (χ0v) is 16.7. The summed E-state index contributed by atoms with van der Waals surface area (Å²) in [6.07, 6.45) is 1.65. The van der Waals surface area contributed by atoms with Crippen molar-refractivity contribution in [1.82, 2.24) is 14.9 Å². The summed E-state index contributed by atoms with van der Waals surface area (Å²) >= 11 is 0. The standard InChI is InChI=1S/C23H21N3O4/c1-15-7-8-16(2)20(11-15)29-22-10-9-17(13-25-22)12-24-21(27)14-26-18-5-3-4-6-19(18)30-23(26)28/h3-11,13H,12,14H2,1-2H3,(H,24,27). The van der Waals surface area contributed by atoms with E-state index in [4.69, 9.17) is 9.15 Å². The van der Waals surface area contributed by atoms with Gasteiger partial charge in [0.2, 0.25) is 11.8 Å². The number of nitrogens with zero attached hydrogens (tertiary/aromatic N) is 2. The molecule has 0 aliphatic rings. The van der Waals surface area contributed by atoms with Crippen LogP contribution in [0.4, 0.5) is 0 Å². The quantitative estimate of drug-likeness (QED) is 0.530. The fourth-order valence-electron chi connectivity index (χ4n) is 3.07. The Labute approximate surface area is 172 Å². The Morgan fingerprint density at radius 1 is 1.13 bits per heavy atom. The molecule has 7 nitrogen and oxygen atoms in total. The van der Waals surface area contributed by atoms with Crippen molar-refractivity contribution in [2.24, 2.45) is 0 Å². The number of ether oxygens (including phenoxy) is 1. The van der Waals surface area contributed by atoms with E-state index in [1.807, 2.05) is 38.1 Å². The second kappa shape index (κ2) is 8.24. The third-order valence-electron chi connectivity index (χ3n) is 4.72. The molecule has 0 unspecified atom stereocenters. The molecule has 2 aromatic carbocycles. The molecule has 0 atom stereocenters. The second-order valence-corrected chi connectivity index (χ2v) is 7.07. The van der Waals surface area contributed by atoms with Crippen LogP contribution in [0.2, 0.25) is 0 Å². The van der Waals surface area contributed by atoms with E-state index in [0.717, 1.165) is 22.4 Å². The molecule has 4 rings (SSSR count). The molecule has 0 spiro atoms. The van der Waals surface area contributed by atoms with Gasteiger partial charge in [0.15, 0.2) is 5.58 Å². The topological polar surface area (TPSA) is 86.4 Å². The third-order valence-corrected chi connectivity index (χ3v) is 4.72. The van der Waals surface area contributed by atoms with Crippen molar-refractivity contribution in [3.05, 3.63) is 88.0 Å². The first-order valence-corrected chi connectivity index (χ1v) is 9.55. The lowest BCUT2D eigenvalue weighted by Crippen LogP contribution is -2.30. The molecule has 152 valence electrons. The third kappa shape index (κ3) is 4.25. The number of aromatic nitrogens is 2. The van der Waals surface area contributed by atoms with Crippen molar-refractivity contribution in [1.29, 1.82) is 0 Å². The summed E-state index contributed by atoms with van der Waals surface area (Å²) in [4.78, 5) is 28.6. The van der Waals surface area contributed by atoms with Crippen LogP contribution < -0.4 is 15.8 Å². The Morgan fingerprint density at radius 3 is 2.77 bits per heavy atom. The largest absolute Gasteiger partial charge is 0.439 e. The molecule has 1 N–H and O–H groups in total. The minimum absolute atomic E-state index is 0.114. The Kier molecular flexibility index (Phi) is 5.34. The Morgan fingerprint density at radius 2 is 1.97 bits per heavy atom. The summed E-state index contributed by atoms with van der Waals surface area (Å²) in [7, 11) is 0. The van der Waals surface area contributed by atoms with E-state index in [-0.39, 0.29) is 12.5 Å². The van der Waals surface area contributed by atoms with Crippen molar-refractivity contribution < 1.29 is 13.9 Å². The number of amides is 1. The van der Waals surface area contributed by atoms with Crippen LogP contribution in [0.25, 0.3) is 11.1 Å². The summed E-state index contributed by atoms with van der Waals surface area (Å²) in [5, 5.41) is 2.79. The number of aryl methyl sites for hydroxylation is 2. The average molecular weight is 403 g/mol. The predicted octanol–water partition coefficient (Wildman–Crippen LogP) is 3.72. The van der Waals surface area contributed by atoms with E-state index >= 15 is 0 Å². The molecule has 0 saturated carbocycles. The first kappa shape index (κ1) is 19.4. The molecular formula is C23H21N3O4. The number of fused-ring (bicyclic) bond motifs is 1. The number of hydrogen-bond donors (Lipinski definition) is 1. The van der Waals surface area contributed by atoms with Gasteiger partial charge in [-0.05, 0) is 48.7 Å². The van der Waals surface area contributed by atoms with Gasteiger partial charge in [-0.1, -0.05) is 30.3 Å². The highest BCUT2D eigenvalue weighted by Gasteiger charge is 2.12. The highest BCUT2D eigenvalue weighted by atomic mass is 16.5. The van der Waals surface area contributed by atoms with Crippen LogP contribution in [0.1, 0.15) is 16.7 Å². The number of nitrogens with one attached hydrogen (secondary N) is 1. The van der Waals surface area contributed by atoms with Crippen LogP contribution in [0.5, 0.6) is 11.6 Å². The average Bonchev–Trinajstić information content (AvgIpc) is 3.05. The summed E-state index contributed by atoms with van der Waals surface area (Å²) in [5.41, 5.74) is 4.01. The summed E-state index contributed by atoms with van der Waals surface area (Å²) in [6.45, 7) is 4.16. The van der Waals surface area contributed by atoms with Gasteiger partial charge in [0.25, 0.3) is 0 Å². The van der Waals surface area contributed by atoms with Crippen LogP contribution in [-0.2, 0) is 17.9 Å². The molecule has 0 aliphatic heterocycles. The highest BCUT2D eigenvalue weighted by molar-refractivity contribution is 5.79. The van der Waals surface area contributed by atoms with Gasteiger partial charge in [0.05, 0.1) is 5.52 Å². The lowest BCUT2D eigenvalue weighted by molar-refractivity contribution is -0.121. The number of benzene rings is 2. The minimum atomic E-state index is -0.555. The van der Waals surface area contributed by atoms with Gasteiger partial charge in [-0.3, -0.25) is 9.36 Å². The summed E-state index contributed by atoms with van der Waals surface area (Å²) in [5.74, 6) is 0.400. The number of rotatable bonds is 6. The van der Waals surface area contributed by atoms with Gasteiger partial charge in [-0.2, -0.15) is 0 Å². The fraction of sp³-hybridized carbons (Fsp3) is 0.174. The molecule has 0 aliphatic carbocycles. The zero-order valence-electron chi connectivity index (χ0n) is 16.7. The molecule has 0 fully saturated rings. The van der Waals surface area contributed by atoms with Gasteiger partial charge in [0, 0.05) is 18.8 Å². The molecule has 4 aromatic rings. The SMILES string of the molecule is Cc1ccc(C)c(Oc2ccc(CNC(=O)Cn3c(=O)oc4ccccc43)cn2)c1. The number of oxazole rings is 1. The van der Waals surface area contributed by atoms with E-state index in [2.05, 4.69) is 10.3 Å².